The maximum atomic E-state index is 10.3. The molecule has 0 amide bonds. The summed E-state index contributed by atoms with van der Waals surface area (Å²) in [6, 6.07) is 0. The van der Waals surface area contributed by atoms with Crippen molar-refractivity contribution in [1.29, 1.82) is 0 Å². The van der Waals surface area contributed by atoms with Crippen molar-refractivity contribution in [2.75, 3.05) is 6.61 Å². The minimum atomic E-state index is -0.765. The van der Waals surface area contributed by atoms with Crippen LogP contribution < -0.4 is 0 Å². The summed E-state index contributed by atoms with van der Waals surface area (Å²) >= 11 is 0. The van der Waals surface area contributed by atoms with Crippen molar-refractivity contribution >= 4 is 0 Å². The van der Waals surface area contributed by atoms with Crippen molar-refractivity contribution in [3.63, 3.8) is 0 Å². The first-order chi connectivity index (χ1) is 8.27. The average Bonchev–Trinajstić information content (AvgIpc) is 2.81. The number of aliphatic hydroxyl groups is 1. The Morgan fingerprint density at radius 3 is 2.22 bits per heavy atom. The van der Waals surface area contributed by atoms with Gasteiger partial charge in [0.2, 0.25) is 0 Å². The molecule has 104 valence electrons. The van der Waals surface area contributed by atoms with E-state index >= 15 is 0 Å². The van der Waals surface area contributed by atoms with Crippen LogP contribution in [0.3, 0.4) is 0 Å². The van der Waals surface area contributed by atoms with Gasteiger partial charge in [0.05, 0.1) is 6.61 Å². The van der Waals surface area contributed by atoms with Gasteiger partial charge in [-0.1, -0.05) is 0 Å². The quantitative estimate of drug-likeness (QED) is 0.735. The monoisotopic (exact) mass is 260 g/mol. The standard InChI is InChI=1S/C12H20O6/c1-11(2)14-5-6(16-11)8-7(13)9-10(15-8)18-12(3,4)17-9/h6-10,13H,5H2,1-4H3/t6-,7+,8+,9-,10+/m1/s1. The van der Waals surface area contributed by atoms with Crippen molar-refractivity contribution in [2.24, 2.45) is 0 Å². The van der Waals surface area contributed by atoms with Gasteiger partial charge in [-0.25, -0.2) is 0 Å². The summed E-state index contributed by atoms with van der Waals surface area (Å²) in [5.41, 5.74) is 0. The van der Waals surface area contributed by atoms with Gasteiger partial charge in [-0.3, -0.25) is 0 Å². The summed E-state index contributed by atoms with van der Waals surface area (Å²) in [5, 5.41) is 10.3. The Morgan fingerprint density at radius 2 is 1.67 bits per heavy atom. The first-order valence-electron chi connectivity index (χ1n) is 6.28. The van der Waals surface area contributed by atoms with Crippen LogP contribution in [0, 0.1) is 0 Å². The molecule has 0 spiro atoms. The van der Waals surface area contributed by atoms with Crippen LogP contribution in [0.5, 0.6) is 0 Å². The summed E-state index contributed by atoms with van der Waals surface area (Å²) in [6.07, 6.45) is -2.53. The zero-order valence-corrected chi connectivity index (χ0v) is 11.1. The fourth-order valence-electron chi connectivity index (χ4n) is 2.70. The number of ether oxygens (including phenoxy) is 5. The Labute approximate surface area is 106 Å². The number of fused-ring (bicyclic) bond motifs is 1. The van der Waals surface area contributed by atoms with Gasteiger partial charge in [-0.2, -0.15) is 0 Å². The van der Waals surface area contributed by atoms with Gasteiger partial charge in [0.25, 0.3) is 0 Å². The lowest BCUT2D eigenvalue weighted by molar-refractivity contribution is -0.232. The molecule has 3 aliphatic rings. The lowest BCUT2D eigenvalue weighted by atomic mass is 10.1. The molecule has 0 aromatic rings. The first-order valence-corrected chi connectivity index (χ1v) is 6.28. The van der Waals surface area contributed by atoms with E-state index in [1.54, 1.807) is 13.8 Å². The topological polar surface area (TPSA) is 66.4 Å². The smallest absolute Gasteiger partial charge is 0.190 e. The molecule has 0 aromatic heterocycles. The van der Waals surface area contributed by atoms with E-state index in [4.69, 9.17) is 23.7 Å². The van der Waals surface area contributed by atoms with Crippen LogP contribution in [0.4, 0.5) is 0 Å². The number of aliphatic hydroxyl groups excluding tert-OH is 1. The van der Waals surface area contributed by atoms with Gasteiger partial charge in [0, 0.05) is 0 Å². The number of hydrogen-bond acceptors (Lipinski definition) is 6. The third-order valence-corrected chi connectivity index (χ3v) is 3.45. The Balaban J connectivity index is 1.68. The highest BCUT2D eigenvalue weighted by molar-refractivity contribution is 4.97. The van der Waals surface area contributed by atoms with Gasteiger partial charge in [0.1, 0.15) is 24.4 Å². The van der Waals surface area contributed by atoms with Crippen LogP contribution in [0.1, 0.15) is 27.7 Å². The van der Waals surface area contributed by atoms with Crippen molar-refractivity contribution in [3.8, 4) is 0 Å². The van der Waals surface area contributed by atoms with Crippen LogP contribution in [0.25, 0.3) is 0 Å². The van der Waals surface area contributed by atoms with Crippen molar-refractivity contribution < 1.29 is 28.8 Å². The second-order valence-electron chi connectivity index (χ2n) is 5.93. The van der Waals surface area contributed by atoms with E-state index in [2.05, 4.69) is 0 Å². The zero-order chi connectivity index (χ0) is 13.1. The van der Waals surface area contributed by atoms with E-state index in [-0.39, 0.29) is 6.10 Å². The van der Waals surface area contributed by atoms with Crippen LogP contribution in [-0.4, -0.2) is 54.0 Å². The first kappa shape index (κ1) is 12.8. The lowest BCUT2D eigenvalue weighted by Gasteiger charge is -2.26. The van der Waals surface area contributed by atoms with Gasteiger partial charge in [0.15, 0.2) is 17.9 Å². The normalized spacial score (nSPS) is 49.5. The summed E-state index contributed by atoms with van der Waals surface area (Å²) in [6.45, 7) is 7.68. The molecule has 0 bridgehead atoms. The van der Waals surface area contributed by atoms with Crippen molar-refractivity contribution in [2.45, 2.75) is 70.0 Å². The van der Waals surface area contributed by atoms with E-state index in [1.807, 2.05) is 13.8 Å². The van der Waals surface area contributed by atoms with E-state index in [9.17, 15) is 5.11 Å². The average molecular weight is 260 g/mol. The molecule has 3 heterocycles. The highest BCUT2D eigenvalue weighted by Gasteiger charge is 2.57. The largest absolute Gasteiger partial charge is 0.387 e. The predicted octanol–water partition coefficient (Wildman–Crippen LogP) is 0.375. The molecule has 3 aliphatic heterocycles. The fraction of sp³-hybridized carbons (Fsp3) is 1.00. The molecule has 5 atom stereocenters. The minimum Gasteiger partial charge on any atom is -0.387 e. The van der Waals surface area contributed by atoms with Crippen LogP contribution in [0.2, 0.25) is 0 Å². The molecule has 6 heteroatoms. The van der Waals surface area contributed by atoms with E-state index < -0.39 is 36.2 Å². The molecule has 0 saturated carbocycles. The third-order valence-electron chi connectivity index (χ3n) is 3.45. The SMILES string of the molecule is CC1(C)O[C@@H]2O[C@@H]([C@H]3COC(C)(C)O3)[C@H](O)[C@H]2O1. The molecular formula is C12H20O6. The fourth-order valence-corrected chi connectivity index (χ4v) is 2.70. The molecule has 0 unspecified atom stereocenters. The van der Waals surface area contributed by atoms with Crippen LogP contribution in [0.15, 0.2) is 0 Å². The van der Waals surface area contributed by atoms with Gasteiger partial charge in [-0.05, 0) is 27.7 Å². The second kappa shape index (κ2) is 3.88. The molecule has 3 saturated heterocycles. The number of hydrogen-bond donors (Lipinski definition) is 1. The lowest BCUT2D eigenvalue weighted by Crippen LogP contribution is -2.42. The van der Waals surface area contributed by atoms with Gasteiger partial charge < -0.3 is 28.8 Å². The summed E-state index contributed by atoms with van der Waals surface area (Å²) in [7, 11) is 0. The molecule has 6 nitrogen and oxygen atoms in total. The van der Waals surface area contributed by atoms with Crippen molar-refractivity contribution in [3.05, 3.63) is 0 Å². The van der Waals surface area contributed by atoms with E-state index in [0.29, 0.717) is 6.61 Å². The van der Waals surface area contributed by atoms with E-state index in [1.165, 1.54) is 0 Å². The molecule has 3 fully saturated rings. The molecule has 18 heavy (non-hydrogen) atoms. The Morgan fingerprint density at radius 1 is 0.944 bits per heavy atom. The van der Waals surface area contributed by atoms with Gasteiger partial charge >= 0.3 is 0 Å². The Hall–Kier alpha value is -0.240. The summed E-state index contributed by atoms with van der Waals surface area (Å²) in [5.74, 6) is -1.35. The third kappa shape index (κ3) is 2.07. The molecule has 0 aliphatic carbocycles. The summed E-state index contributed by atoms with van der Waals surface area (Å²) < 4.78 is 28.1. The summed E-state index contributed by atoms with van der Waals surface area (Å²) in [4.78, 5) is 0. The predicted molar refractivity (Wildman–Crippen MR) is 59.6 cm³/mol. The molecule has 1 N–H and O–H groups in total. The van der Waals surface area contributed by atoms with Crippen LogP contribution in [-0.2, 0) is 23.7 Å². The number of rotatable bonds is 1. The molecule has 0 aromatic carbocycles. The molecule has 0 radical (unpaired) electrons. The zero-order valence-electron chi connectivity index (χ0n) is 11.1. The maximum absolute atomic E-state index is 10.3. The highest BCUT2D eigenvalue weighted by Crippen LogP contribution is 2.40. The van der Waals surface area contributed by atoms with Crippen LogP contribution >= 0.6 is 0 Å². The Kier molecular flexibility index (Phi) is 2.75. The van der Waals surface area contributed by atoms with E-state index in [0.717, 1.165) is 0 Å². The minimum absolute atomic E-state index is 0.295. The highest BCUT2D eigenvalue weighted by atomic mass is 16.8. The van der Waals surface area contributed by atoms with Gasteiger partial charge in [-0.15, -0.1) is 0 Å². The molecular weight excluding hydrogens is 240 g/mol. The molecule has 3 rings (SSSR count). The maximum Gasteiger partial charge on any atom is 0.190 e. The second-order valence-corrected chi connectivity index (χ2v) is 5.93. The Bertz CT molecular complexity index is 341. The van der Waals surface area contributed by atoms with Crippen molar-refractivity contribution in [1.82, 2.24) is 0 Å².